The highest BCUT2D eigenvalue weighted by molar-refractivity contribution is 7.14. The molecule has 0 spiro atoms. The molecule has 1 fully saturated rings. The van der Waals surface area contributed by atoms with Crippen molar-refractivity contribution in [1.29, 1.82) is 0 Å². The molecular formula is C11H15N3O2S. The first kappa shape index (κ1) is 12.1. The Morgan fingerprint density at radius 3 is 3.06 bits per heavy atom. The zero-order chi connectivity index (χ0) is 12.3. The first-order valence-corrected chi connectivity index (χ1v) is 6.45. The summed E-state index contributed by atoms with van der Waals surface area (Å²) in [6, 6.07) is 1.88. The zero-order valence-corrected chi connectivity index (χ0v) is 10.2. The van der Waals surface area contributed by atoms with Crippen molar-refractivity contribution in [2.45, 2.75) is 25.3 Å². The van der Waals surface area contributed by atoms with Gasteiger partial charge in [0, 0.05) is 12.5 Å². The van der Waals surface area contributed by atoms with Gasteiger partial charge in [-0.1, -0.05) is 0 Å². The third-order valence-electron chi connectivity index (χ3n) is 2.78. The van der Waals surface area contributed by atoms with Crippen LogP contribution < -0.4 is 16.4 Å². The molecule has 0 saturated carbocycles. The van der Waals surface area contributed by atoms with Crippen LogP contribution in [0.1, 0.15) is 29.6 Å². The molecule has 5 nitrogen and oxygen atoms in total. The van der Waals surface area contributed by atoms with Gasteiger partial charge in [0.05, 0.1) is 5.56 Å². The Balaban J connectivity index is 1.93. The van der Waals surface area contributed by atoms with E-state index in [0.717, 1.165) is 19.4 Å². The van der Waals surface area contributed by atoms with E-state index in [4.69, 9.17) is 5.73 Å². The van der Waals surface area contributed by atoms with Gasteiger partial charge in [0.2, 0.25) is 5.91 Å². The fraction of sp³-hybridized carbons (Fsp3) is 0.455. The van der Waals surface area contributed by atoms with E-state index >= 15 is 0 Å². The van der Waals surface area contributed by atoms with Crippen LogP contribution in [0.3, 0.4) is 0 Å². The maximum atomic E-state index is 11.7. The number of thiophene rings is 1. The lowest BCUT2D eigenvalue weighted by Gasteiger charge is -2.09. The second kappa shape index (κ2) is 5.29. The van der Waals surface area contributed by atoms with E-state index in [2.05, 4.69) is 10.6 Å². The molecule has 1 aromatic heterocycles. The summed E-state index contributed by atoms with van der Waals surface area (Å²) in [5, 5.41) is 8.27. The summed E-state index contributed by atoms with van der Waals surface area (Å²) in [4.78, 5) is 22.8. The van der Waals surface area contributed by atoms with Gasteiger partial charge in [-0.15, -0.1) is 11.3 Å². The van der Waals surface area contributed by atoms with E-state index in [0.29, 0.717) is 17.0 Å². The van der Waals surface area contributed by atoms with E-state index in [9.17, 15) is 9.59 Å². The Morgan fingerprint density at radius 1 is 1.59 bits per heavy atom. The molecule has 0 bridgehead atoms. The third-order valence-corrected chi connectivity index (χ3v) is 3.61. The fourth-order valence-electron chi connectivity index (χ4n) is 1.93. The van der Waals surface area contributed by atoms with Gasteiger partial charge in [0.1, 0.15) is 5.00 Å². The topological polar surface area (TPSA) is 84.2 Å². The van der Waals surface area contributed by atoms with Gasteiger partial charge in [-0.3, -0.25) is 9.59 Å². The maximum Gasteiger partial charge on any atom is 0.251 e. The average molecular weight is 253 g/mol. The van der Waals surface area contributed by atoms with Crippen molar-refractivity contribution < 1.29 is 9.59 Å². The number of anilines is 1. The van der Waals surface area contributed by atoms with Gasteiger partial charge in [0.15, 0.2) is 0 Å². The van der Waals surface area contributed by atoms with Crippen LogP contribution >= 0.6 is 11.3 Å². The first-order valence-electron chi connectivity index (χ1n) is 5.57. The summed E-state index contributed by atoms with van der Waals surface area (Å²) in [6.07, 6.45) is 2.58. The monoisotopic (exact) mass is 253 g/mol. The second-order valence-electron chi connectivity index (χ2n) is 4.07. The van der Waals surface area contributed by atoms with Gasteiger partial charge in [-0.05, 0) is 30.8 Å². The summed E-state index contributed by atoms with van der Waals surface area (Å²) in [7, 11) is 0. The standard InChI is InChI=1S/C11H15N3O2S/c12-10(16)8-3-5-17-11(8)14-9(15)6-7-2-1-4-13-7/h3,5,7,13H,1-2,4,6H2,(H2,12,16)(H,14,15). The highest BCUT2D eigenvalue weighted by Crippen LogP contribution is 2.23. The van der Waals surface area contributed by atoms with E-state index in [1.54, 1.807) is 11.4 Å². The largest absolute Gasteiger partial charge is 0.366 e. The summed E-state index contributed by atoms with van der Waals surface area (Å²) in [5.41, 5.74) is 5.58. The lowest BCUT2D eigenvalue weighted by Crippen LogP contribution is -2.27. The van der Waals surface area contributed by atoms with Crippen molar-refractivity contribution in [3.63, 3.8) is 0 Å². The Bertz CT molecular complexity index is 424. The van der Waals surface area contributed by atoms with Gasteiger partial charge in [-0.2, -0.15) is 0 Å². The van der Waals surface area contributed by atoms with E-state index < -0.39 is 5.91 Å². The molecule has 4 N–H and O–H groups in total. The van der Waals surface area contributed by atoms with Crippen molar-refractivity contribution in [1.82, 2.24) is 5.32 Å². The molecule has 1 saturated heterocycles. The van der Waals surface area contributed by atoms with Gasteiger partial charge in [-0.25, -0.2) is 0 Å². The quantitative estimate of drug-likeness (QED) is 0.746. The fourth-order valence-corrected chi connectivity index (χ4v) is 2.74. The predicted octanol–water partition coefficient (Wildman–Crippen LogP) is 0.928. The second-order valence-corrected chi connectivity index (χ2v) is 4.99. The Kier molecular flexibility index (Phi) is 3.75. The molecule has 92 valence electrons. The number of hydrogen-bond donors (Lipinski definition) is 3. The van der Waals surface area contributed by atoms with Crippen molar-refractivity contribution in [2.24, 2.45) is 5.73 Å². The van der Waals surface area contributed by atoms with Crippen LogP contribution in [0, 0.1) is 0 Å². The lowest BCUT2D eigenvalue weighted by molar-refractivity contribution is -0.116. The average Bonchev–Trinajstić information content (AvgIpc) is 2.88. The zero-order valence-electron chi connectivity index (χ0n) is 9.36. The number of carbonyl (C=O) groups is 2. The minimum Gasteiger partial charge on any atom is -0.366 e. The number of nitrogens with two attached hydrogens (primary N) is 1. The molecule has 0 aliphatic carbocycles. The molecule has 1 unspecified atom stereocenters. The van der Waals surface area contributed by atoms with Crippen LogP contribution in [0.15, 0.2) is 11.4 Å². The molecule has 2 heterocycles. The Morgan fingerprint density at radius 2 is 2.41 bits per heavy atom. The number of hydrogen-bond acceptors (Lipinski definition) is 4. The summed E-state index contributed by atoms with van der Waals surface area (Å²) in [5.74, 6) is -0.588. The maximum absolute atomic E-state index is 11.7. The molecule has 17 heavy (non-hydrogen) atoms. The summed E-state index contributed by atoms with van der Waals surface area (Å²) >= 11 is 1.31. The summed E-state index contributed by atoms with van der Waals surface area (Å²) in [6.45, 7) is 0.976. The highest BCUT2D eigenvalue weighted by Gasteiger charge is 2.19. The molecule has 1 aliphatic rings. The van der Waals surface area contributed by atoms with E-state index in [1.807, 2.05) is 0 Å². The molecule has 1 aliphatic heterocycles. The SMILES string of the molecule is NC(=O)c1ccsc1NC(=O)CC1CCCN1. The van der Waals surface area contributed by atoms with Crippen molar-refractivity contribution in [3.05, 3.63) is 17.0 Å². The number of primary amides is 1. The lowest BCUT2D eigenvalue weighted by atomic mass is 10.1. The van der Waals surface area contributed by atoms with Crippen LogP contribution in [-0.2, 0) is 4.79 Å². The molecule has 0 aromatic carbocycles. The first-order chi connectivity index (χ1) is 8.16. The summed E-state index contributed by atoms with van der Waals surface area (Å²) < 4.78 is 0. The third kappa shape index (κ3) is 3.04. The molecule has 2 amide bonds. The molecule has 6 heteroatoms. The van der Waals surface area contributed by atoms with Crippen molar-refractivity contribution in [3.8, 4) is 0 Å². The molecule has 2 rings (SSSR count). The molecule has 1 aromatic rings. The number of nitrogens with one attached hydrogen (secondary N) is 2. The van der Waals surface area contributed by atoms with Crippen LogP contribution in [-0.4, -0.2) is 24.4 Å². The van der Waals surface area contributed by atoms with Crippen molar-refractivity contribution >= 4 is 28.2 Å². The number of carbonyl (C=O) groups excluding carboxylic acids is 2. The minimum absolute atomic E-state index is 0.0747. The van der Waals surface area contributed by atoms with Gasteiger partial charge in [0.25, 0.3) is 5.91 Å². The number of amides is 2. The van der Waals surface area contributed by atoms with Crippen LogP contribution in [0.5, 0.6) is 0 Å². The van der Waals surface area contributed by atoms with E-state index in [1.165, 1.54) is 11.3 Å². The smallest absolute Gasteiger partial charge is 0.251 e. The highest BCUT2D eigenvalue weighted by atomic mass is 32.1. The Hall–Kier alpha value is -1.40. The van der Waals surface area contributed by atoms with Crippen LogP contribution in [0.25, 0.3) is 0 Å². The van der Waals surface area contributed by atoms with Gasteiger partial charge < -0.3 is 16.4 Å². The predicted molar refractivity (Wildman–Crippen MR) is 67.1 cm³/mol. The molecular weight excluding hydrogens is 238 g/mol. The molecule has 0 radical (unpaired) electrons. The Labute approximate surface area is 103 Å². The van der Waals surface area contributed by atoms with Crippen molar-refractivity contribution in [2.75, 3.05) is 11.9 Å². The molecule has 1 atom stereocenters. The van der Waals surface area contributed by atoms with Gasteiger partial charge >= 0.3 is 0 Å². The van der Waals surface area contributed by atoms with Crippen LogP contribution in [0.2, 0.25) is 0 Å². The minimum atomic E-state index is -0.513. The normalized spacial score (nSPS) is 19.2. The number of rotatable bonds is 4. The van der Waals surface area contributed by atoms with Crippen LogP contribution in [0.4, 0.5) is 5.00 Å². The van der Waals surface area contributed by atoms with E-state index in [-0.39, 0.29) is 11.9 Å².